The highest BCUT2D eigenvalue weighted by Crippen LogP contribution is 2.33. The van der Waals surface area contributed by atoms with Crippen LogP contribution in [0.1, 0.15) is 25.3 Å². The van der Waals surface area contributed by atoms with E-state index in [2.05, 4.69) is 15.9 Å². The van der Waals surface area contributed by atoms with Crippen molar-refractivity contribution in [3.8, 4) is 0 Å². The number of carbonyl (C=O) groups excluding carboxylic acids is 1. The monoisotopic (exact) mass is 344 g/mol. The molecule has 1 unspecified atom stereocenters. The van der Waals surface area contributed by atoms with Crippen LogP contribution in [0.2, 0.25) is 0 Å². The number of benzene rings is 1. The number of hydrogen-bond donors (Lipinski definition) is 2. The van der Waals surface area contributed by atoms with Crippen molar-refractivity contribution < 1.29 is 24.5 Å². The number of carboxylic acids is 1. The summed E-state index contributed by atoms with van der Waals surface area (Å²) in [6, 6.07) is 6.57. The fourth-order valence-corrected chi connectivity index (χ4v) is 2.43. The van der Waals surface area contributed by atoms with Gasteiger partial charge in [0.1, 0.15) is 0 Å². The van der Waals surface area contributed by atoms with E-state index in [-0.39, 0.29) is 26.1 Å². The van der Waals surface area contributed by atoms with Gasteiger partial charge in [0.25, 0.3) is 0 Å². The molecule has 0 aliphatic rings. The van der Waals surface area contributed by atoms with Crippen LogP contribution in [0, 0.1) is 0 Å². The second-order valence-corrected chi connectivity index (χ2v) is 5.18. The third-order valence-corrected chi connectivity index (χ3v) is 3.51. The lowest BCUT2D eigenvalue weighted by Crippen LogP contribution is -2.45. The second kappa shape index (κ2) is 7.40. The van der Waals surface area contributed by atoms with Crippen LogP contribution in [0.4, 0.5) is 0 Å². The minimum Gasteiger partial charge on any atom is -0.480 e. The Morgan fingerprint density at radius 2 is 2.10 bits per heavy atom. The number of hydrogen-bond acceptors (Lipinski definition) is 4. The average molecular weight is 345 g/mol. The van der Waals surface area contributed by atoms with Crippen LogP contribution >= 0.6 is 15.9 Å². The highest BCUT2D eigenvalue weighted by atomic mass is 79.9. The van der Waals surface area contributed by atoms with Crippen LogP contribution in [0.3, 0.4) is 0 Å². The third kappa shape index (κ3) is 3.37. The zero-order chi connectivity index (χ0) is 15.2. The minimum atomic E-state index is -1.79. The van der Waals surface area contributed by atoms with Crippen LogP contribution in [0.25, 0.3) is 0 Å². The fourth-order valence-electron chi connectivity index (χ4n) is 2.03. The smallest absolute Gasteiger partial charge is 0.328 e. The molecule has 20 heavy (non-hydrogen) atoms. The Labute approximate surface area is 125 Å². The van der Waals surface area contributed by atoms with Crippen molar-refractivity contribution in [2.24, 2.45) is 0 Å². The van der Waals surface area contributed by atoms with Gasteiger partial charge in [0.2, 0.25) is 0 Å². The summed E-state index contributed by atoms with van der Waals surface area (Å²) in [5.41, 5.74) is -1.45. The van der Waals surface area contributed by atoms with Gasteiger partial charge in [-0.1, -0.05) is 28.1 Å². The van der Waals surface area contributed by atoms with E-state index in [1.54, 1.807) is 31.2 Å². The van der Waals surface area contributed by atoms with Gasteiger partial charge >= 0.3 is 11.9 Å². The summed E-state index contributed by atoms with van der Waals surface area (Å²) in [4.78, 5) is 24.0. The molecular formula is C14H17BrO5. The van der Waals surface area contributed by atoms with Gasteiger partial charge in [-0.25, -0.2) is 0 Å². The molecule has 1 rings (SSSR count). The number of halogens is 1. The zero-order valence-corrected chi connectivity index (χ0v) is 12.7. The Hall–Kier alpha value is -1.40. The Morgan fingerprint density at radius 1 is 1.40 bits per heavy atom. The molecule has 5 nitrogen and oxygen atoms in total. The maximum atomic E-state index is 12.2. The van der Waals surface area contributed by atoms with E-state index >= 15 is 0 Å². The molecule has 0 spiro atoms. The minimum absolute atomic E-state index is 0.0197. The molecule has 1 atom stereocenters. The topological polar surface area (TPSA) is 83.8 Å². The van der Waals surface area contributed by atoms with Crippen molar-refractivity contribution in [2.45, 2.75) is 25.2 Å². The second-order valence-electron chi connectivity index (χ2n) is 4.27. The van der Waals surface area contributed by atoms with Crippen LogP contribution < -0.4 is 0 Å². The van der Waals surface area contributed by atoms with Gasteiger partial charge < -0.3 is 14.9 Å². The summed E-state index contributed by atoms with van der Waals surface area (Å²) >= 11 is 3.27. The first-order chi connectivity index (χ1) is 9.48. The third-order valence-electron chi connectivity index (χ3n) is 3.02. The summed E-state index contributed by atoms with van der Waals surface area (Å²) in [7, 11) is 0. The van der Waals surface area contributed by atoms with Crippen LogP contribution in [0.15, 0.2) is 28.7 Å². The van der Waals surface area contributed by atoms with Gasteiger partial charge in [0.05, 0.1) is 6.61 Å². The predicted octanol–water partition coefficient (Wildman–Crippen LogP) is 2.11. The standard InChI is InChI=1S/C14H17BrO5/c1-2-20-13(19)14(12(17)18,7-4-8-16)10-5-3-6-11(15)9-10/h3,5-6,9,16H,2,4,7-8H2,1H3,(H,17,18). The average Bonchev–Trinajstić information content (AvgIpc) is 2.39. The number of aliphatic carboxylic acids is 1. The molecule has 0 fully saturated rings. The molecule has 110 valence electrons. The largest absolute Gasteiger partial charge is 0.480 e. The molecule has 0 aliphatic carbocycles. The van der Waals surface area contributed by atoms with Gasteiger partial charge in [0, 0.05) is 11.1 Å². The van der Waals surface area contributed by atoms with Crippen molar-refractivity contribution >= 4 is 27.9 Å². The molecule has 0 heterocycles. The summed E-state index contributed by atoms with van der Waals surface area (Å²) in [5.74, 6) is -2.08. The van der Waals surface area contributed by atoms with Gasteiger partial charge in [-0.2, -0.15) is 0 Å². The Kier molecular flexibility index (Phi) is 6.16. The lowest BCUT2D eigenvalue weighted by atomic mass is 9.76. The van der Waals surface area contributed by atoms with E-state index in [1.165, 1.54) is 0 Å². The number of ether oxygens (including phenoxy) is 1. The first-order valence-electron chi connectivity index (χ1n) is 6.26. The van der Waals surface area contributed by atoms with Crippen molar-refractivity contribution in [3.63, 3.8) is 0 Å². The molecule has 0 aliphatic heterocycles. The summed E-state index contributed by atoms with van der Waals surface area (Å²) in [6.45, 7) is 1.53. The quantitative estimate of drug-likeness (QED) is 0.584. The van der Waals surface area contributed by atoms with Gasteiger partial charge in [0.15, 0.2) is 5.41 Å². The van der Waals surface area contributed by atoms with E-state index in [9.17, 15) is 14.7 Å². The molecular weight excluding hydrogens is 328 g/mol. The Bertz CT molecular complexity index is 488. The van der Waals surface area contributed by atoms with Crippen LogP contribution in [0.5, 0.6) is 0 Å². The van der Waals surface area contributed by atoms with E-state index in [0.717, 1.165) is 0 Å². The zero-order valence-electron chi connectivity index (χ0n) is 11.1. The van der Waals surface area contributed by atoms with E-state index < -0.39 is 17.4 Å². The maximum absolute atomic E-state index is 12.2. The highest BCUT2D eigenvalue weighted by molar-refractivity contribution is 9.10. The summed E-state index contributed by atoms with van der Waals surface area (Å²) in [5, 5.41) is 18.6. The molecule has 0 saturated heterocycles. The molecule has 0 saturated carbocycles. The number of aliphatic hydroxyl groups is 1. The maximum Gasteiger partial charge on any atom is 0.328 e. The van der Waals surface area contributed by atoms with Crippen molar-refractivity contribution in [2.75, 3.05) is 13.2 Å². The summed E-state index contributed by atoms with van der Waals surface area (Å²) in [6.07, 6.45) is 0.172. The lowest BCUT2D eigenvalue weighted by Gasteiger charge is -2.27. The van der Waals surface area contributed by atoms with Crippen molar-refractivity contribution in [3.05, 3.63) is 34.3 Å². The predicted molar refractivity (Wildman–Crippen MR) is 76.4 cm³/mol. The lowest BCUT2D eigenvalue weighted by molar-refractivity contribution is -0.162. The molecule has 0 radical (unpaired) electrons. The summed E-state index contributed by atoms with van der Waals surface area (Å²) < 4.78 is 5.62. The number of carboxylic acid groups (broad SMARTS) is 1. The molecule has 0 amide bonds. The molecule has 1 aromatic carbocycles. The SMILES string of the molecule is CCOC(=O)C(CCCO)(C(=O)O)c1cccc(Br)c1. The Morgan fingerprint density at radius 3 is 2.60 bits per heavy atom. The van der Waals surface area contributed by atoms with Gasteiger partial charge in [-0.05, 0) is 37.5 Å². The van der Waals surface area contributed by atoms with Crippen molar-refractivity contribution in [1.82, 2.24) is 0 Å². The first kappa shape index (κ1) is 16.7. The number of esters is 1. The van der Waals surface area contributed by atoms with E-state index in [1.807, 2.05) is 0 Å². The van der Waals surface area contributed by atoms with E-state index in [4.69, 9.17) is 9.84 Å². The van der Waals surface area contributed by atoms with Gasteiger partial charge in [-0.3, -0.25) is 9.59 Å². The Balaban J connectivity index is 3.36. The molecule has 2 N–H and O–H groups in total. The van der Waals surface area contributed by atoms with Crippen molar-refractivity contribution in [1.29, 1.82) is 0 Å². The number of aliphatic hydroxyl groups excluding tert-OH is 1. The molecule has 1 aromatic rings. The van der Waals surface area contributed by atoms with Crippen LogP contribution in [-0.2, 0) is 19.7 Å². The fraction of sp³-hybridized carbons (Fsp3) is 0.429. The molecule has 0 bridgehead atoms. The molecule has 6 heteroatoms. The number of rotatable bonds is 7. The normalized spacial score (nSPS) is 13.6. The van der Waals surface area contributed by atoms with E-state index in [0.29, 0.717) is 10.0 Å². The molecule has 0 aromatic heterocycles. The van der Waals surface area contributed by atoms with Gasteiger partial charge in [-0.15, -0.1) is 0 Å². The number of carbonyl (C=O) groups is 2. The first-order valence-corrected chi connectivity index (χ1v) is 7.05. The van der Waals surface area contributed by atoms with Crippen LogP contribution in [-0.4, -0.2) is 35.4 Å². The highest BCUT2D eigenvalue weighted by Gasteiger charge is 2.48.